The lowest BCUT2D eigenvalue weighted by Gasteiger charge is -2.42. The van der Waals surface area contributed by atoms with Crippen molar-refractivity contribution >= 4 is 21.9 Å². The van der Waals surface area contributed by atoms with E-state index in [0.717, 1.165) is 10.0 Å². The zero-order chi connectivity index (χ0) is 13.9. The van der Waals surface area contributed by atoms with Crippen molar-refractivity contribution in [2.24, 2.45) is 0 Å². The molecule has 4 nitrogen and oxygen atoms in total. The van der Waals surface area contributed by atoms with Crippen molar-refractivity contribution in [1.29, 1.82) is 0 Å². The summed E-state index contributed by atoms with van der Waals surface area (Å²) in [6.45, 7) is 4.38. The summed E-state index contributed by atoms with van der Waals surface area (Å²) in [5.74, 6) is -0.796. The van der Waals surface area contributed by atoms with Crippen LogP contribution in [0.3, 0.4) is 0 Å². The molecule has 0 aliphatic carbocycles. The van der Waals surface area contributed by atoms with Gasteiger partial charge in [-0.2, -0.15) is 0 Å². The van der Waals surface area contributed by atoms with Gasteiger partial charge in [-0.15, -0.1) is 0 Å². The van der Waals surface area contributed by atoms with Crippen molar-refractivity contribution in [3.8, 4) is 0 Å². The third-order valence-corrected chi connectivity index (χ3v) is 4.21. The highest BCUT2D eigenvalue weighted by Crippen LogP contribution is 2.34. The molecule has 1 fully saturated rings. The van der Waals surface area contributed by atoms with Crippen LogP contribution in [0.4, 0.5) is 0 Å². The smallest absolute Gasteiger partial charge is 0.328 e. The van der Waals surface area contributed by atoms with Crippen LogP contribution in [0.5, 0.6) is 0 Å². The maximum Gasteiger partial charge on any atom is 0.328 e. The third-order valence-electron chi connectivity index (χ3n) is 3.72. The van der Waals surface area contributed by atoms with Gasteiger partial charge >= 0.3 is 5.97 Å². The molecule has 1 aliphatic rings. The number of benzene rings is 1. The molecule has 0 bridgehead atoms. The molecule has 1 aromatic carbocycles. The number of carboxylic acid groups (broad SMARTS) is 1. The number of carboxylic acids is 1. The van der Waals surface area contributed by atoms with Gasteiger partial charge in [0.25, 0.3) is 0 Å². The van der Waals surface area contributed by atoms with Crippen molar-refractivity contribution in [3.63, 3.8) is 0 Å². The second-order valence-electron chi connectivity index (χ2n) is 4.63. The Hall–Kier alpha value is -0.910. The number of ether oxygens (including phenoxy) is 1. The zero-order valence-electron chi connectivity index (χ0n) is 10.9. The van der Waals surface area contributed by atoms with Crippen molar-refractivity contribution in [2.75, 3.05) is 26.3 Å². The van der Waals surface area contributed by atoms with Crippen molar-refractivity contribution in [3.05, 3.63) is 34.3 Å². The second-order valence-corrected chi connectivity index (χ2v) is 5.54. The monoisotopic (exact) mass is 327 g/mol. The van der Waals surface area contributed by atoms with Gasteiger partial charge in [-0.05, 0) is 24.1 Å². The fourth-order valence-electron chi connectivity index (χ4n) is 2.71. The molecule has 1 atom stereocenters. The van der Waals surface area contributed by atoms with Crippen LogP contribution in [-0.4, -0.2) is 42.3 Å². The van der Waals surface area contributed by atoms with Gasteiger partial charge in [0.15, 0.2) is 0 Å². The molecule has 19 heavy (non-hydrogen) atoms. The highest BCUT2D eigenvalue weighted by Gasteiger charge is 2.44. The summed E-state index contributed by atoms with van der Waals surface area (Å²) < 4.78 is 6.24. The van der Waals surface area contributed by atoms with E-state index in [2.05, 4.69) is 15.9 Å². The molecule has 1 aliphatic heterocycles. The third kappa shape index (κ3) is 2.68. The fourth-order valence-corrected chi connectivity index (χ4v) is 3.11. The standard InChI is InChI=1S/C14H18BrNO3/c1-2-14(13(17)18,16-6-8-19-9-7-16)11-4-3-5-12(15)10-11/h3-5,10H,2,6-9H2,1H3,(H,17,18). The second kappa shape index (κ2) is 6.03. The van der Waals surface area contributed by atoms with E-state index in [-0.39, 0.29) is 0 Å². The molecule has 1 aromatic rings. The van der Waals surface area contributed by atoms with Crippen LogP contribution in [0.25, 0.3) is 0 Å². The molecule has 0 aromatic heterocycles. The van der Waals surface area contributed by atoms with Gasteiger partial charge in [-0.25, -0.2) is 4.79 Å². The van der Waals surface area contributed by atoms with Gasteiger partial charge in [0.1, 0.15) is 5.54 Å². The van der Waals surface area contributed by atoms with Gasteiger partial charge in [0.05, 0.1) is 13.2 Å². The van der Waals surface area contributed by atoms with Gasteiger partial charge in [-0.1, -0.05) is 35.0 Å². The molecule has 1 saturated heterocycles. The molecule has 5 heteroatoms. The van der Waals surface area contributed by atoms with Crippen LogP contribution in [-0.2, 0) is 15.1 Å². The van der Waals surface area contributed by atoms with Crippen molar-refractivity contribution in [1.82, 2.24) is 4.90 Å². The van der Waals surface area contributed by atoms with Gasteiger partial charge in [0, 0.05) is 17.6 Å². The molecule has 0 spiro atoms. The lowest BCUT2D eigenvalue weighted by molar-refractivity contribution is -0.156. The maximum atomic E-state index is 12.0. The van der Waals surface area contributed by atoms with Gasteiger partial charge in [0.2, 0.25) is 0 Å². The zero-order valence-corrected chi connectivity index (χ0v) is 12.5. The minimum atomic E-state index is -0.965. The molecular weight excluding hydrogens is 310 g/mol. The Kier molecular flexibility index (Phi) is 4.60. The molecule has 104 valence electrons. The largest absolute Gasteiger partial charge is 0.480 e. The average molecular weight is 328 g/mol. The number of carbonyl (C=O) groups is 1. The minimum Gasteiger partial charge on any atom is -0.480 e. The van der Waals surface area contributed by atoms with Crippen LogP contribution in [0, 0.1) is 0 Å². The summed E-state index contributed by atoms with van der Waals surface area (Å²) in [6, 6.07) is 7.57. The molecule has 1 unspecified atom stereocenters. The minimum absolute atomic E-state index is 0.527. The predicted octanol–water partition coefficient (Wildman–Crippen LogP) is 2.47. The van der Waals surface area contributed by atoms with Gasteiger partial charge in [-0.3, -0.25) is 4.90 Å². The van der Waals surface area contributed by atoms with E-state index in [0.29, 0.717) is 32.7 Å². The van der Waals surface area contributed by atoms with Crippen molar-refractivity contribution < 1.29 is 14.6 Å². The molecule has 0 amide bonds. The number of halogens is 1. The summed E-state index contributed by atoms with van der Waals surface area (Å²) in [4.78, 5) is 14.0. The Labute approximate surface area is 121 Å². The first-order chi connectivity index (χ1) is 9.11. The van der Waals surface area contributed by atoms with E-state index in [1.807, 2.05) is 36.1 Å². The summed E-state index contributed by atoms with van der Waals surface area (Å²) in [5, 5.41) is 9.82. The lowest BCUT2D eigenvalue weighted by atomic mass is 9.85. The van der Waals surface area contributed by atoms with Crippen LogP contribution in [0.15, 0.2) is 28.7 Å². The first kappa shape index (κ1) is 14.5. The maximum absolute atomic E-state index is 12.0. The number of aliphatic carboxylic acids is 1. The molecule has 1 heterocycles. The first-order valence-electron chi connectivity index (χ1n) is 6.43. The SMILES string of the molecule is CCC(C(=O)O)(c1cccc(Br)c1)N1CCOCC1. The summed E-state index contributed by atoms with van der Waals surface area (Å²) in [5.41, 5.74) is -0.146. The van der Waals surface area contributed by atoms with E-state index in [4.69, 9.17) is 4.74 Å². The molecule has 0 radical (unpaired) electrons. The van der Waals surface area contributed by atoms with E-state index >= 15 is 0 Å². The number of rotatable bonds is 4. The van der Waals surface area contributed by atoms with Gasteiger partial charge < -0.3 is 9.84 Å². The molecular formula is C14H18BrNO3. The summed E-state index contributed by atoms with van der Waals surface area (Å²) >= 11 is 3.42. The van der Waals surface area contributed by atoms with Crippen LogP contribution in [0.1, 0.15) is 18.9 Å². The van der Waals surface area contributed by atoms with E-state index in [1.54, 1.807) is 0 Å². The van der Waals surface area contributed by atoms with Crippen LogP contribution in [0.2, 0.25) is 0 Å². The lowest BCUT2D eigenvalue weighted by Crippen LogP contribution is -2.55. The Morgan fingerprint density at radius 3 is 2.68 bits per heavy atom. The first-order valence-corrected chi connectivity index (χ1v) is 7.23. The van der Waals surface area contributed by atoms with E-state index in [9.17, 15) is 9.90 Å². The topological polar surface area (TPSA) is 49.8 Å². The molecule has 1 N–H and O–H groups in total. The van der Waals surface area contributed by atoms with E-state index < -0.39 is 11.5 Å². The van der Waals surface area contributed by atoms with Crippen LogP contribution >= 0.6 is 15.9 Å². The molecule has 2 rings (SSSR count). The number of hydrogen-bond donors (Lipinski definition) is 1. The number of morpholine rings is 1. The quantitative estimate of drug-likeness (QED) is 0.923. The van der Waals surface area contributed by atoms with Crippen LogP contribution < -0.4 is 0 Å². The highest BCUT2D eigenvalue weighted by atomic mass is 79.9. The molecule has 0 saturated carbocycles. The average Bonchev–Trinajstić information content (AvgIpc) is 2.41. The normalized spacial score (nSPS) is 19.9. The number of nitrogens with zero attached hydrogens (tertiary/aromatic N) is 1. The Bertz CT molecular complexity index is 460. The Morgan fingerprint density at radius 2 is 2.16 bits per heavy atom. The Morgan fingerprint density at radius 1 is 1.47 bits per heavy atom. The highest BCUT2D eigenvalue weighted by molar-refractivity contribution is 9.10. The Balaban J connectivity index is 2.46. The summed E-state index contributed by atoms with van der Waals surface area (Å²) in [6.07, 6.45) is 0.527. The summed E-state index contributed by atoms with van der Waals surface area (Å²) in [7, 11) is 0. The predicted molar refractivity (Wildman–Crippen MR) is 76.1 cm³/mol. The number of hydrogen-bond acceptors (Lipinski definition) is 3. The van der Waals surface area contributed by atoms with E-state index in [1.165, 1.54) is 0 Å². The van der Waals surface area contributed by atoms with Crippen molar-refractivity contribution in [2.45, 2.75) is 18.9 Å². The fraction of sp³-hybridized carbons (Fsp3) is 0.500.